The first-order valence-corrected chi connectivity index (χ1v) is 6.41. The van der Waals surface area contributed by atoms with Crippen molar-refractivity contribution in [3.05, 3.63) is 29.8 Å². The van der Waals surface area contributed by atoms with Crippen molar-refractivity contribution in [3.63, 3.8) is 0 Å². The molecule has 1 aromatic rings. The van der Waals surface area contributed by atoms with E-state index < -0.39 is 5.60 Å². The maximum absolute atomic E-state index is 11.3. The summed E-state index contributed by atoms with van der Waals surface area (Å²) in [5.74, 6) is 0.809. The molecule has 18 heavy (non-hydrogen) atoms. The molecule has 0 aliphatic heterocycles. The highest BCUT2D eigenvalue weighted by Crippen LogP contribution is 2.51. The van der Waals surface area contributed by atoms with Crippen molar-refractivity contribution in [3.8, 4) is 5.75 Å². The van der Waals surface area contributed by atoms with Crippen molar-refractivity contribution in [1.29, 1.82) is 0 Å². The smallest absolute Gasteiger partial charge is 0.118 e. The first-order valence-electron chi connectivity index (χ1n) is 6.41. The third-order valence-corrected chi connectivity index (χ3v) is 3.68. The summed E-state index contributed by atoms with van der Waals surface area (Å²) in [6.07, 6.45) is 0. The zero-order valence-corrected chi connectivity index (χ0v) is 12.7. The van der Waals surface area contributed by atoms with Gasteiger partial charge in [-0.1, -0.05) is 53.7 Å². The average Bonchev–Trinajstić information content (AvgIpc) is 2.25. The van der Waals surface area contributed by atoms with Crippen LogP contribution in [0.1, 0.15) is 47.1 Å². The van der Waals surface area contributed by atoms with E-state index >= 15 is 0 Å². The Balaban J connectivity index is 3.36. The summed E-state index contributed by atoms with van der Waals surface area (Å²) in [6, 6.07) is 7.71. The van der Waals surface area contributed by atoms with E-state index in [1.165, 1.54) is 0 Å². The molecule has 2 nitrogen and oxygen atoms in total. The van der Waals surface area contributed by atoms with Gasteiger partial charge in [0.25, 0.3) is 0 Å². The van der Waals surface area contributed by atoms with Gasteiger partial charge in [0.1, 0.15) is 5.75 Å². The third-order valence-electron chi connectivity index (χ3n) is 3.68. The van der Waals surface area contributed by atoms with Crippen molar-refractivity contribution >= 4 is 0 Å². The number of hydrogen-bond donors (Lipinski definition) is 1. The van der Waals surface area contributed by atoms with Gasteiger partial charge in [-0.05, 0) is 28.5 Å². The van der Waals surface area contributed by atoms with E-state index in [0.717, 1.165) is 11.3 Å². The lowest BCUT2D eigenvalue weighted by Gasteiger charge is -2.50. The van der Waals surface area contributed by atoms with Crippen LogP contribution in [0.15, 0.2) is 24.3 Å². The number of hydrogen-bond acceptors (Lipinski definition) is 2. The Hall–Kier alpha value is -1.02. The van der Waals surface area contributed by atoms with Crippen molar-refractivity contribution in [2.75, 3.05) is 7.11 Å². The summed E-state index contributed by atoms with van der Waals surface area (Å²) >= 11 is 0. The molecule has 0 amide bonds. The molecular formula is C16H26O2. The molecule has 0 saturated heterocycles. The lowest BCUT2D eigenvalue weighted by molar-refractivity contribution is -0.145. The molecule has 0 radical (unpaired) electrons. The molecule has 0 fully saturated rings. The van der Waals surface area contributed by atoms with Gasteiger partial charge < -0.3 is 9.84 Å². The first-order chi connectivity index (χ1) is 8.04. The third kappa shape index (κ3) is 2.39. The Morgan fingerprint density at radius 3 is 1.50 bits per heavy atom. The monoisotopic (exact) mass is 250 g/mol. The van der Waals surface area contributed by atoms with Crippen LogP contribution in [0, 0.1) is 10.8 Å². The van der Waals surface area contributed by atoms with Gasteiger partial charge in [-0.25, -0.2) is 0 Å². The maximum atomic E-state index is 11.3. The normalized spacial score (nSPS) is 13.6. The highest BCUT2D eigenvalue weighted by Gasteiger charge is 2.50. The van der Waals surface area contributed by atoms with Crippen LogP contribution in [-0.2, 0) is 5.60 Å². The fourth-order valence-corrected chi connectivity index (χ4v) is 2.82. The predicted molar refractivity (Wildman–Crippen MR) is 75.8 cm³/mol. The number of ether oxygens (including phenoxy) is 1. The van der Waals surface area contributed by atoms with Crippen LogP contribution in [0.5, 0.6) is 5.75 Å². The Labute approximate surface area is 111 Å². The van der Waals surface area contributed by atoms with E-state index in [9.17, 15) is 5.11 Å². The molecule has 0 heterocycles. The molecule has 0 unspecified atom stereocenters. The van der Waals surface area contributed by atoms with Crippen molar-refractivity contribution in [2.24, 2.45) is 10.8 Å². The van der Waals surface area contributed by atoms with Gasteiger partial charge >= 0.3 is 0 Å². The fourth-order valence-electron chi connectivity index (χ4n) is 2.82. The van der Waals surface area contributed by atoms with Crippen LogP contribution in [-0.4, -0.2) is 12.2 Å². The fraction of sp³-hybridized carbons (Fsp3) is 0.625. The van der Waals surface area contributed by atoms with Crippen LogP contribution in [0.3, 0.4) is 0 Å². The molecule has 2 heteroatoms. The van der Waals surface area contributed by atoms with Gasteiger partial charge in [0, 0.05) is 0 Å². The molecule has 0 aliphatic carbocycles. The minimum atomic E-state index is -0.897. The molecule has 0 atom stereocenters. The number of aliphatic hydroxyl groups is 1. The standard InChI is InChI=1S/C16H26O2/c1-14(2,3)16(17,15(4,5)6)12-8-10-13(18-7)11-9-12/h8-11,17H,1-7H3. The summed E-state index contributed by atoms with van der Waals surface area (Å²) in [4.78, 5) is 0. The molecule has 1 rings (SSSR count). The van der Waals surface area contributed by atoms with E-state index in [4.69, 9.17) is 4.74 Å². The van der Waals surface area contributed by atoms with E-state index in [2.05, 4.69) is 41.5 Å². The summed E-state index contributed by atoms with van der Waals surface area (Å²) in [5.41, 5.74) is -0.463. The summed E-state index contributed by atoms with van der Waals surface area (Å²) in [6.45, 7) is 12.4. The lowest BCUT2D eigenvalue weighted by Crippen LogP contribution is -2.50. The highest BCUT2D eigenvalue weighted by atomic mass is 16.5. The van der Waals surface area contributed by atoms with Crippen LogP contribution in [0.2, 0.25) is 0 Å². The number of methoxy groups -OCH3 is 1. The topological polar surface area (TPSA) is 29.5 Å². The zero-order chi connectivity index (χ0) is 14.2. The summed E-state index contributed by atoms with van der Waals surface area (Å²) in [7, 11) is 1.65. The Kier molecular flexibility index (Phi) is 3.83. The van der Waals surface area contributed by atoms with Crippen LogP contribution >= 0.6 is 0 Å². The summed E-state index contributed by atoms with van der Waals surface area (Å²) in [5, 5.41) is 11.3. The highest BCUT2D eigenvalue weighted by molar-refractivity contribution is 5.33. The van der Waals surface area contributed by atoms with Gasteiger partial charge in [-0.2, -0.15) is 0 Å². The Morgan fingerprint density at radius 1 is 0.833 bits per heavy atom. The van der Waals surface area contributed by atoms with Gasteiger partial charge in [-0.3, -0.25) is 0 Å². The number of benzene rings is 1. The van der Waals surface area contributed by atoms with Crippen molar-refractivity contribution < 1.29 is 9.84 Å². The second-order valence-electron chi connectivity index (χ2n) is 6.94. The second-order valence-corrected chi connectivity index (χ2v) is 6.94. The van der Waals surface area contributed by atoms with Crippen molar-refractivity contribution in [2.45, 2.75) is 47.1 Å². The quantitative estimate of drug-likeness (QED) is 0.860. The maximum Gasteiger partial charge on any atom is 0.118 e. The van der Waals surface area contributed by atoms with Gasteiger partial charge in [0.05, 0.1) is 12.7 Å². The SMILES string of the molecule is COc1ccc(C(O)(C(C)(C)C)C(C)(C)C)cc1. The van der Waals surface area contributed by atoms with Gasteiger partial charge in [0.2, 0.25) is 0 Å². The minimum Gasteiger partial charge on any atom is -0.497 e. The average molecular weight is 250 g/mol. The molecule has 0 bridgehead atoms. The molecule has 0 saturated carbocycles. The first kappa shape index (κ1) is 15.0. The zero-order valence-electron chi connectivity index (χ0n) is 12.7. The van der Waals surface area contributed by atoms with E-state index in [1.807, 2.05) is 24.3 Å². The minimum absolute atomic E-state index is 0.250. The van der Waals surface area contributed by atoms with E-state index in [0.29, 0.717) is 0 Å². The van der Waals surface area contributed by atoms with Crippen LogP contribution < -0.4 is 4.74 Å². The molecular weight excluding hydrogens is 224 g/mol. The van der Waals surface area contributed by atoms with Gasteiger partial charge in [-0.15, -0.1) is 0 Å². The predicted octanol–water partition coefficient (Wildman–Crippen LogP) is 3.98. The Bertz CT molecular complexity index is 377. The van der Waals surface area contributed by atoms with E-state index in [1.54, 1.807) is 7.11 Å². The molecule has 0 aromatic heterocycles. The molecule has 1 aromatic carbocycles. The van der Waals surface area contributed by atoms with Gasteiger partial charge in [0.15, 0.2) is 0 Å². The summed E-state index contributed by atoms with van der Waals surface area (Å²) < 4.78 is 5.17. The molecule has 0 spiro atoms. The van der Waals surface area contributed by atoms with E-state index in [-0.39, 0.29) is 10.8 Å². The molecule has 102 valence electrons. The van der Waals surface area contributed by atoms with Crippen LogP contribution in [0.25, 0.3) is 0 Å². The lowest BCUT2D eigenvalue weighted by atomic mass is 9.59. The molecule has 1 N–H and O–H groups in total. The largest absolute Gasteiger partial charge is 0.497 e. The molecule has 0 aliphatic rings. The number of rotatable bonds is 2. The Morgan fingerprint density at radius 2 is 1.22 bits per heavy atom. The van der Waals surface area contributed by atoms with Crippen molar-refractivity contribution in [1.82, 2.24) is 0 Å². The van der Waals surface area contributed by atoms with Crippen LogP contribution in [0.4, 0.5) is 0 Å². The second kappa shape index (κ2) is 4.58.